The lowest BCUT2D eigenvalue weighted by molar-refractivity contribution is 0.0697. The van der Waals surface area contributed by atoms with Gasteiger partial charge in [-0.2, -0.15) is 0 Å². The van der Waals surface area contributed by atoms with Gasteiger partial charge in [-0.3, -0.25) is 0 Å². The van der Waals surface area contributed by atoms with E-state index in [9.17, 15) is 9.18 Å². The zero-order valence-electron chi connectivity index (χ0n) is 18.8. The number of aromatic carboxylic acids is 1. The number of rotatable bonds is 5. The van der Waals surface area contributed by atoms with Crippen LogP contribution in [0.3, 0.4) is 0 Å². The van der Waals surface area contributed by atoms with E-state index in [4.69, 9.17) is 21.7 Å². The minimum absolute atomic E-state index is 0.223. The molecule has 4 rings (SSSR count). The highest BCUT2D eigenvalue weighted by Crippen LogP contribution is 2.25. The van der Waals surface area contributed by atoms with Gasteiger partial charge in [-0.15, -0.1) is 0 Å². The summed E-state index contributed by atoms with van der Waals surface area (Å²) in [5.41, 5.74) is 4.18. The van der Waals surface area contributed by atoms with Gasteiger partial charge in [0.2, 0.25) is 0 Å². The van der Waals surface area contributed by atoms with E-state index in [0.717, 1.165) is 48.1 Å². The summed E-state index contributed by atoms with van der Waals surface area (Å²) < 4.78 is 13.3. The van der Waals surface area contributed by atoms with Crippen LogP contribution in [0.15, 0.2) is 71.7 Å². The summed E-state index contributed by atoms with van der Waals surface area (Å²) in [4.78, 5) is 20.4. The number of carbonyl (C=O) groups is 1. The average Bonchev–Trinajstić information content (AvgIpc) is 2.85. The Morgan fingerprint density at radius 3 is 2.35 bits per heavy atom. The second-order valence-corrected chi connectivity index (χ2v) is 8.62. The van der Waals surface area contributed by atoms with Crippen LogP contribution in [0.1, 0.15) is 21.5 Å². The maximum Gasteiger partial charge on any atom is 0.335 e. The van der Waals surface area contributed by atoms with E-state index in [1.54, 1.807) is 36.4 Å². The van der Waals surface area contributed by atoms with Gasteiger partial charge in [0, 0.05) is 42.6 Å². The number of carboxylic acids is 1. The number of hydrogen-bond acceptors (Lipinski definition) is 3. The monoisotopic (exact) mass is 480 g/mol. The molecular formula is C26H26ClFN4O2. The third kappa shape index (κ3) is 5.85. The number of carboxylic acid groups (broad SMARTS) is 1. The molecule has 0 aliphatic carbocycles. The Kier molecular flexibility index (Phi) is 7.33. The number of nitrogens with one attached hydrogen (secondary N) is 1. The molecule has 2 N–H and O–H groups in total. The molecule has 1 saturated heterocycles. The maximum atomic E-state index is 13.3. The zero-order chi connectivity index (χ0) is 24.1. The molecule has 3 aromatic rings. The molecule has 1 heterocycles. The van der Waals surface area contributed by atoms with Crippen molar-refractivity contribution in [2.45, 2.75) is 13.5 Å². The molecule has 0 radical (unpaired) electrons. The van der Waals surface area contributed by atoms with Crippen LogP contribution in [0.25, 0.3) is 0 Å². The zero-order valence-corrected chi connectivity index (χ0v) is 19.6. The molecule has 34 heavy (non-hydrogen) atoms. The van der Waals surface area contributed by atoms with E-state index >= 15 is 0 Å². The Morgan fingerprint density at radius 2 is 1.71 bits per heavy atom. The highest BCUT2D eigenvalue weighted by atomic mass is 35.5. The molecular weight excluding hydrogens is 455 g/mol. The van der Waals surface area contributed by atoms with Crippen molar-refractivity contribution in [2.75, 3.05) is 36.4 Å². The van der Waals surface area contributed by atoms with Crippen LogP contribution >= 0.6 is 11.6 Å². The predicted octanol–water partition coefficient (Wildman–Crippen LogP) is 5.28. The molecule has 0 amide bonds. The number of guanidine groups is 1. The first-order chi connectivity index (χ1) is 16.4. The van der Waals surface area contributed by atoms with Crippen molar-refractivity contribution >= 4 is 34.9 Å². The minimum Gasteiger partial charge on any atom is -0.478 e. The Labute approximate surface area is 203 Å². The average molecular weight is 481 g/mol. The summed E-state index contributed by atoms with van der Waals surface area (Å²) in [7, 11) is 0. The minimum atomic E-state index is -0.968. The number of piperazine rings is 1. The Morgan fingerprint density at radius 1 is 1.03 bits per heavy atom. The summed E-state index contributed by atoms with van der Waals surface area (Å²) in [6.45, 7) is 5.56. The normalized spacial score (nSPS) is 14.3. The van der Waals surface area contributed by atoms with Crippen LogP contribution in [0, 0.1) is 12.7 Å². The number of anilines is 2. The van der Waals surface area contributed by atoms with Gasteiger partial charge in [0.15, 0.2) is 5.96 Å². The molecule has 0 atom stereocenters. The molecule has 1 aliphatic rings. The number of aryl methyl sites for hydroxylation is 1. The molecule has 0 unspecified atom stereocenters. The van der Waals surface area contributed by atoms with Gasteiger partial charge < -0.3 is 20.2 Å². The number of hydrogen-bond donors (Lipinski definition) is 2. The van der Waals surface area contributed by atoms with E-state index in [2.05, 4.69) is 22.0 Å². The van der Waals surface area contributed by atoms with Crippen molar-refractivity contribution in [2.24, 2.45) is 4.99 Å². The number of nitrogens with zero attached hydrogens (tertiary/aromatic N) is 3. The summed E-state index contributed by atoms with van der Waals surface area (Å²) in [5.74, 6) is -0.559. The lowest BCUT2D eigenvalue weighted by Crippen LogP contribution is -2.51. The maximum absolute atomic E-state index is 13.3. The van der Waals surface area contributed by atoms with Crippen LogP contribution in [-0.4, -0.2) is 48.1 Å². The lowest BCUT2D eigenvalue weighted by Gasteiger charge is -2.38. The summed E-state index contributed by atoms with van der Waals surface area (Å²) in [6, 6.07) is 18.8. The van der Waals surface area contributed by atoms with Gasteiger partial charge in [-0.1, -0.05) is 29.8 Å². The molecule has 1 aliphatic heterocycles. The van der Waals surface area contributed by atoms with Crippen molar-refractivity contribution in [3.05, 3.63) is 94.3 Å². The van der Waals surface area contributed by atoms with Gasteiger partial charge in [-0.05, 0) is 66.6 Å². The van der Waals surface area contributed by atoms with Crippen molar-refractivity contribution in [3.8, 4) is 0 Å². The predicted molar refractivity (Wildman–Crippen MR) is 135 cm³/mol. The number of halogens is 2. The van der Waals surface area contributed by atoms with E-state index in [1.807, 2.05) is 18.2 Å². The number of benzene rings is 3. The Balaban J connectivity index is 1.51. The Bertz CT molecular complexity index is 1170. The third-order valence-electron chi connectivity index (χ3n) is 5.80. The van der Waals surface area contributed by atoms with Gasteiger partial charge >= 0.3 is 5.97 Å². The second-order valence-electron chi connectivity index (χ2n) is 8.18. The van der Waals surface area contributed by atoms with Gasteiger partial charge in [0.1, 0.15) is 5.82 Å². The van der Waals surface area contributed by atoms with Gasteiger partial charge in [0.25, 0.3) is 0 Å². The molecule has 8 heteroatoms. The first-order valence-electron chi connectivity index (χ1n) is 11.0. The molecule has 0 aromatic heterocycles. The summed E-state index contributed by atoms with van der Waals surface area (Å²) in [5, 5.41) is 13.2. The molecule has 176 valence electrons. The molecule has 6 nitrogen and oxygen atoms in total. The standard InChI is InChI=1S/C26H26ClFN4O2/c1-18-2-7-21(27)16-24(18)31-12-14-32(15-13-31)26(29-17-19-3-8-22(28)9-4-19)30-23-10-5-20(6-11-23)25(33)34/h2-11,16H,12-15,17H2,1H3,(H,29,30)(H,33,34). The van der Waals surface area contributed by atoms with Crippen LogP contribution in [-0.2, 0) is 6.54 Å². The van der Waals surface area contributed by atoms with Crippen molar-refractivity contribution in [1.29, 1.82) is 0 Å². The smallest absolute Gasteiger partial charge is 0.335 e. The summed E-state index contributed by atoms with van der Waals surface area (Å²) >= 11 is 6.22. The van der Waals surface area contributed by atoms with Crippen molar-refractivity contribution in [3.63, 3.8) is 0 Å². The molecule has 3 aromatic carbocycles. The molecule has 0 spiro atoms. The third-order valence-corrected chi connectivity index (χ3v) is 6.04. The van der Waals surface area contributed by atoms with Crippen LogP contribution < -0.4 is 10.2 Å². The quantitative estimate of drug-likeness (QED) is 0.384. The van der Waals surface area contributed by atoms with Gasteiger partial charge in [0.05, 0.1) is 12.1 Å². The van der Waals surface area contributed by atoms with Crippen LogP contribution in [0.4, 0.5) is 15.8 Å². The first kappa shape index (κ1) is 23.6. The van der Waals surface area contributed by atoms with Crippen LogP contribution in [0.5, 0.6) is 0 Å². The molecule has 0 saturated carbocycles. The van der Waals surface area contributed by atoms with E-state index < -0.39 is 5.97 Å². The first-order valence-corrected chi connectivity index (χ1v) is 11.4. The molecule has 0 bridgehead atoms. The summed E-state index contributed by atoms with van der Waals surface area (Å²) in [6.07, 6.45) is 0. The van der Waals surface area contributed by atoms with E-state index in [-0.39, 0.29) is 11.4 Å². The van der Waals surface area contributed by atoms with E-state index in [0.29, 0.717) is 12.5 Å². The number of aliphatic imine (C=N–C) groups is 1. The van der Waals surface area contributed by atoms with Crippen molar-refractivity contribution < 1.29 is 14.3 Å². The topological polar surface area (TPSA) is 68.2 Å². The lowest BCUT2D eigenvalue weighted by atomic mass is 10.1. The SMILES string of the molecule is Cc1ccc(Cl)cc1N1CCN(C(=NCc2ccc(F)cc2)Nc2ccc(C(=O)O)cc2)CC1. The van der Waals surface area contributed by atoms with E-state index in [1.165, 1.54) is 17.7 Å². The fourth-order valence-corrected chi connectivity index (χ4v) is 4.05. The largest absolute Gasteiger partial charge is 0.478 e. The second kappa shape index (κ2) is 10.6. The highest BCUT2D eigenvalue weighted by Gasteiger charge is 2.21. The molecule has 1 fully saturated rings. The highest BCUT2D eigenvalue weighted by molar-refractivity contribution is 6.30. The fraction of sp³-hybridized carbons (Fsp3) is 0.231. The van der Waals surface area contributed by atoms with Gasteiger partial charge in [-0.25, -0.2) is 14.2 Å². The Hall–Kier alpha value is -3.58. The fourth-order valence-electron chi connectivity index (χ4n) is 3.88. The van der Waals surface area contributed by atoms with Crippen molar-refractivity contribution in [1.82, 2.24) is 4.90 Å². The van der Waals surface area contributed by atoms with Crippen LogP contribution in [0.2, 0.25) is 5.02 Å².